The van der Waals surface area contributed by atoms with Crippen molar-refractivity contribution in [3.8, 4) is 5.75 Å². The highest BCUT2D eigenvalue weighted by Crippen LogP contribution is 2.29. The number of fused-ring (bicyclic) bond motifs is 2. The van der Waals surface area contributed by atoms with E-state index < -0.39 is 0 Å². The highest BCUT2D eigenvalue weighted by Gasteiger charge is 2.23. The summed E-state index contributed by atoms with van der Waals surface area (Å²) in [6, 6.07) is 16.4. The molecule has 0 aromatic heterocycles. The van der Waals surface area contributed by atoms with Gasteiger partial charge in [-0.15, -0.1) is 0 Å². The molecular weight excluding hydrogens is 258 g/mol. The van der Waals surface area contributed by atoms with Crippen molar-refractivity contribution in [1.29, 1.82) is 0 Å². The fourth-order valence-electron chi connectivity index (χ4n) is 3.60. The summed E-state index contributed by atoms with van der Waals surface area (Å²) in [5.41, 5.74) is 5.74. The predicted octanol–water partition coefficient (Wildman–Crippen LogP) is 3.44. The minimum Gasteiger partial charge on any atom is -0.493 e. The smallest absolute Gasteiger partial charge is 0.122 e. The molecule has 4 rings (SSSR count). The molecule has 1 aliphatic heterocycles. The van der Waals surface area contributed by atoms with E-state index in [1.165, 1.54) is 22.3 Å². The van der Waals surface area contributed by atoms with E-state index in [4.69, 9.17) is 4.74 Å². The van der Waals surface area contributed by atoms with Crippen molar-refractivity contribution in [3.63, 3.8) is 0 Å². The van der Waals surface area contributed by atoms with Crippen molar-refractivity contribution in [2.24, 2.45) is 0 Å². The van der Waals surface area contributed by atoms with Crippen LogP contribution in [0.3, 0.4) is 0 Å². The Bertz CT molecular complexity index is 639. The lowest BCUT2D eigenvalue weighted by atomic mass is 10.0. The van der Waals surface area contributed by atoms with E-state index in [1.807, 2.05) is 0 Å². The minimum absolute atomic E-state index is 0.384. The maximum atomic E-state index is 5.59. The van der Waals surface area contributed by atoms with E-state index in [-0.39, 0.29) is 0 Å². The Kier molecular flexibility index (Phi) is 3.19. The van der Waals surface area contributed by atoms with Gasteiger partial charge in [0.25, 0.3) is 0 Å². The summed E-state index contributed by atoms with van der Waals surface area (Å²) in [6.07, 6.45) is 3.34. The molecule has 0 spiro atoms. The number of rotatable bonds is 3. The van der Waals surface area contributed by atoms with Crippen LogP contribution < -0.4 is 10.1 Å². The van der Waals surface area contributed by atoms with Crippen LogP contribution in [-0.4, -0.2) is 12.6 Å². The molecule has 2 aromatic rings. The van der Waals surface area contributed by atoms with Crippen LogP contribution in [-0.2, 0) is 19.3 Å². The van der Waals surface area contributed by atoms with Gasteiger partial charge in [0.15, 0.2) is 0 Å². The maximum Gasteiger partial charge on any atom is 0.122 e. The van der Waals surface area contributed by atoms with E-state index in [2.05, 4.69) is 54.7 Å². The fraction of sp³-hybridized carbons (Fsp3) is 0.368. The quantitative estimate of drug-likeness (QED) is 0.929. The number of hydrogen-bond donors (Lipinski definition) is 1. The third-order valence-corrected chi connectivity index (χ3v) is 4.75. The average Bonchev–Trinajstić information content (AvgIpc) is 3.11. The normalized spacial score (nSPS) is 18.1. The molecule has 0 amide bonds. The number of ether oxygens (including phenoxy) is 1. The minimum atomic E-state index is 0.384. The largest absolute Gasteiger partial charge is 0.493 e. The van der Waals surface area contributed by atoms with Crippen LogP contribution in [0.1, 0.15) is 35.2 Å². The van der Waals surface area contributed by atoms with Crippen LogP contribution in [0, 0.1) is 0 Å². The van der Waals surface area contributed by atoms with Crippen molar-refractivity contribution in [1.82, 2.24) is 5.32 Å². The molecule has 2 heteroatoms. The fourth-order valence-corrected chi connectivity index (χ4v) is 3.60. The van der Waals surface area contributed by atoms with Crippen molar-refractivity contribution < 1.29 is 4.74 Å². The second-order valence-corrected chi connectivity index (χ2v) is 6.23. The standard InChI is InChI=1S/C19H21NO/c1-13(14-6-7-19-17(10-14)8-9-21-19)20-18-11-15-4-2-3-5-16(15)12-18/h2-7,10,13,18,20H,8-9,11-12H2,1H3. The van der Waals surface area contributed by atoms with Gasteiger partial charge in [0.2, 0.25) is 0 Å². The molecule has 0 saturated carbocycles. The van der Waals surface area contributed by atoms with Crippen molar-refractivity contribution in [2.75, 3.05) is 6.61 Å². The van der Waals surface area contributed by atoms with Crippen molar-refractivity contribution >= 4 is 0 Å². The highest BCUT2D eigenvalue weighted by atomic mass is 16.5. The summed E-state index contributed by atoms with van der Waals surface area (Å²) >= 11 is 0. The molecule has 108 valence electrons. The average molecular weight is 279 g/mol. The van der Waals surface area contributed by atoms with E-state index >= 15 is 0 Å². The van der Waals surface area contributed by atoms with Gasteiger partial charge in [-0.2, -0.15) is 0 Å². The molecule has 1 atom stereocenters. The molecule has 2 aromatic carbocycles. The molecule has 1 N–H and O–H groups in total. The molecule has 2 aliphatic rings. The molecule has 2 nitrogen and oxygen atoms in total. The summed E-state index contributed by atoms with van der Waals surface area (Å²) in [4.78, 5) is 0. The van der Waals surface area contributed by atoms with Gasteiger partial charge in [-0.05, 0) is 48.1 Å². The zero-order valence-electron chi connectivity index (χ0n) is 12.4. The van der Waals surface area contributed by atoms with Crippen molar-refractivity contribution in [3.05, 3.63) is 64.7 Å². The number of nitrogens with one attached hydrogen (secondary N) is 1. The lowest BCUT2D eigenvalue weighted by Crippen LogP contribution is -2.32. The lowest BCUT2D eigenvalue weighted by Gasteiger charge is -2.20. The van der Waals surface area contributed by atoms with Crippen LogP contribution in [0.15, 0.2) is 42.5 Å². The zero-order chi connectivity index (χ0) is 14.2. The molecule has 0 fully saturated rings. The van der Waals surface area contributed by atoms with Gasteiger partial charge >= 0.3 is 0 Å². The van der Waals surface area contributed by atoms with Gasteiger partial charge in [-0.1, -0.05) is 36.4 Å². The first kappa shape index (κ1) is 12.9. The summed E-state index contributed by atoms with van der Waals surface area (Å²) in [7, 11) is 0. The zero-order valence-corrected chi connectivity index (χ0v) is 12.4. The first-order valence-electron chi connectivity index (χ1n) is 7.88. The summed E-state index contributed by atoms with van der Waals surface area (Å²) in [6.45, 7) is 3.10. The van der Waals surface area contributed by atoms with Gasteiger partial charge in [0.1, 0.15) is 5.75 Å². The van der Waals surface area contributed by atoms with Crippen LogP contribution in [0.5, 0.6) is 5.75 Å². The van der Waals surface area contributed by atoms with Crippen LogP contribution in [0.2, 0.25) is 0 Å². The summed E-state index contributed by atoms with van der Waals surface area (Å²) in [5.74, 6) is 1.07. The molecule has 0 radical (unpaired) electrons. The first-order valence-corrected chi connectivity index (χ1v) is 7.88. The number of hydrogen-bond acceptors (Lipinski definition) is 2. The Morgan fingerprint density at radius 1 is 1.05 bits per heavy atom. The monoisotopic (exact) mass is 279 g/mol. The second-order valence-electron chi connectivity index (χ2n) is 6.23. The van der Waals surface area contributed by atoms with E-state index in [1.54, 1.807) is 0 Å². The SMILES string of the molecule is CC(NC1Cc2ccccc2C1)c1ccc2c(c1)CCO2. The predicted molar refractivity (Wildman–Crippen MR) is 84.8 cm³/mol. The second kappa shape index (κ2) is 5.19. The molecule has 1 heterocycles. The van der Waals surface area contributed by atoms with E-state index in [0.29, 0.717) is 12.1 Å². The molecule has 21 heavy (non-hydrogen) atoms. The van der Waals surface area contributed by atoms with Crippen LogP contribution >= 0.6 is 0 Å². The Morgan fingerprint density at radius 2 is 1.81 bits per heavy atom. The van der Waals surface area contributed by atoms with Gasteiger partial charge in [-0.3, -0.25) is 0 Å². The van der Waals surface area contributed by atoms with Crippen molar-refractivity contribution in [2.45, 2.75) is 38.3 Å². The van der Waals surface area contributed by atoms with Crippen LogP contribution in [0.25, 0.3) is 0 Å². The summed E-state index contributed by atoms with van der Waals surface area (Å²) in [5, 5.41) is 3.79. The first-order chi connectivity index (χ1) is 10.3. The Labute approximate surface area is 126 Å². The summed E-state index contributed by atoms with van der Waals surface area (Å²) < 4.78 is 5.59. The van der Waals surface area contributed by atoms with Gasteiger partial charge in [0, 0.05) is 18.5 Å². The highest BCUT2D eigenvalue weighted by molar-refractivity contribution is 5.41. The van der Waals surface area contributed by atoms with Gasteiger partial charge in [-0.25, -0.2) is 0 Å². The molecule has 0 bridgehead atoms. The Hall–Kier alpha value is -1.80. The number of benzene rings is 2. The molecular formula is C19H21NO. The van der Waals surface area contributed by atoms with Gasteiger partial charge < -0.3 is 10.1 Å². The Morgan fingerprint density at radius 3 is 2.57 bits per heavy atom. The van der Waals surface area contributed by atoms with E-state index in [9.17, 15) is 0 Å². The third-order valence-electron chi connectivity index (χ3n) is 4.75. The molecule has 1 unspecified atom stereocenters. The lowest BCUT2D eigenvalue weighted by molar-refractivity contribution is 0.356. The van der Waals surface area contributed by atoms with Crippen LogP contribution in [0.4, 0.5) is 0 Å². The molecule has 0 saturated heterocycles. The van der Waals surface area contributed by atoms with Gasteiger partial charge in [0.05, 0.1) is 6.61 Å². The Balaban J connectivity index is 1.46. The third kappa shape index (κ3) is 2.44. The van der Waals surface area contributed by atoms with E-state index in [0.717, 1.165) is 31.6 Å². The molecule has 1 aliphatic carbocycles. The topological polar surface area (TPSA) is 21.3 Å². The maximum absolute atomic E-state index is 5.59.